The van der Waals surface area contributed by atoms with Gasteiger partial charge in [-0.1, -0.05) is 6.07 Å². The van der Waals surface area contributed by atoms with Gasteiger partial charge in [-0.15, -0.1) is 0 Å². The molecule has 19 heavy (non-hydrogen) atoms. The molecule has 1 aliphatic rings. The molecule has 0 saturated carbocycles. The van der Waals surface area contributed by atoms with Gasteiger partial charge in [-0.2, -0.15) is 0 Å². The van der Waals surface area contributed by atoms with Crippen LogP contribution in [0.5, 0.6) is 0 Å². The third-order valence-electron chi connectivity index (χ3n) is 3.42. The fraction of sp³-hybridized carbons (Fsp3) is 0.429. The van der Waals surface area contributed by atoms with Crippen molar-refractivity contribution in [2.75, 3.05) is 25.5 Å². The van der Waals surface area contributed by atoms with E-state index in [0.29, 0.717) is 23.6 Å². The van der Waals surface area contributed by atoms with E-state index in [2.05, 4.69) is 16.0 Å². The molecule has 0 radical (unpaired) electrons. The summed E-state index contributed by atoms with van der Waals surface area (Å²) in [6.45, 7) is 3.65. The minimum atomic E-state index is -0.142. The van der Waals surface area contributed by atoms with E-state index >= 15 is 0 Å². The third-order valence-corrected chi connectivity index (χ3v) is 3.42. The monoisotopic (exact) mass is 261 g/mol. The highest BCUT2D eigenvalue weighted by Crippen LogP contribution is 2.20. The van der Waals surface area contributed by atoms with Gasteiger partial charge in [0.25, 0.3) is 5.91 Å². The second kappa shape index (κ2) is 5.84. The lowest BCUT2D eigenvalue weighted by Gasteiger charge is -2.26. The molecule has 1 aromatic carbocycles. The highest BCUT2D eigenvalue weighted by Gasteiger charge is 2.20. The first kappa shape index (κ1) is 13.5. The highest BCUT2D eigenvalue weighted by molar-refractivity contribution is 5.99. The maximum atomic E-state index is 11.9. The summed E-state index contributed by atoms with van der Waals surface area (Å²) in [7, 11) is 1.59. The Hall–Kier alpha value is -1.88. The van der Waals surface area contributed by atoms with Crippen molar-refractivity contribution in [3.05, 3.63) is 29.3 Å². The van der Waals surface area contributed by atoms with Crippen LogP contribution in [0, 0.1) is 12.8 Å². The number of nitrogens with one attached hydrogen (secondary N) is 3. The third kappa shape index (κ3) is 3.12. The lowest BCUT2D eigenvalue weighted by atomic mass is 9.99. The Balaban J connectivity index is 2.07. The maximum absolute atomic E-state index is 11.9. The van der Waals surface area contributed by atoms with Crippen LogP contribution in [-0.2, 0) is 4.79 Å². The van der Waals surface area contributed by atoms with E-state index in [0.717, 1.165) is 18.7 Å². The molecule has 1 aromatic rings. The lowest BCUT2D eigenvalue weighted by molar-refractivity contribution is -0.117. The topological polar surface area (TPSA) is 70.2 Å². The molecular weight excluding hydrogens is 242 g/mol. The lowest BCUT2D eigenvalue weighted by Crippen LogP contribution is -2.43. The molecule has 1 heterocycles. The molecule has 2 rings (SSSR count). The highest BCUT2D eigenvalue weighted by atomic mass is 16.2. The number of anilines is 1. The van der Waals surface area contributed by atoms with E-state index in [9.17, 15) is 9.59 Å². The molecule has 0 bridgehead atoms. The first-order valence-electron chi connectivity index (χ1n) is 6.44. The zero-order valence-electron chi connectivity index (χ0n) is 11.2. The predicted octanol–water partition coefficient (Wildman–Crippen LogP) is 0.903. The van der Waals surface area contributed by atoms with Crippen molar-refractivity contribution in [1.29, 1.82) is 0 Å². The number of hydrogen-bond acceptors (Lipinski definition) is 3. The Bertz CT molecular complexity index is 495. The second-order valence-electron chi connectivity index (χ2n) is 4.83. The molecule has 3 N–H and O–H groups in total. The van der Waals surface area contributed by atoms with Gasteiger partial charge < -0.3 is 16.0 Å². The summed E-state index contributed by atoms with van der Waals surface area (Å²) in [6, 6.07) is 5.34. The Morgan fingerprint density at radius 2 is 2.11 bits per heavy atom. The smallest absolute Gasteiger partial charge is 0.251 e. The van der Waals surface area contributed by atoms with E-state index in [1.54, 1.807) is 19.2 Å². The van der Waals surface area contributed by atoms with Crippen LogP contribution >= 0.6 is 0 Å². The zero-order valence-corrected chi connectivity index (χ0v) is 11.2. The molecule has 5 heteroatoms. The summed E-state index contributed by atoms with van der Waals surface area (Å²) in [5.74, 6) is 0.294. The Morgan fingerprint density at radius 3 is 2.68 bits per heavy atom. The number of rotatable bonds is 4. The number of hydrogen-bond donors (Lipinski definition) is 3. The van der Waals surface area contributed by atoms with Crippen molar-refractivity contribution in [1.82, 2.24) is 10.6 Å². The summed E-state index contributed by atoms with van der Waals surface area (Å²) in [5, 5.41) is 8.62. The molecule has 1 fully saturated rings. The van der Waals surface area contributed by atoms with E-state index < -0.39 is 0 Å². The van der Waals surface area contributed by atoms with Gasteiger partial charge in [-0.3, -0.25) is 9.59 Å². The number of carbonyl (C=O) groups excluding carboxylic acids is 2. The van der Waals surface area contributed by atoms with Gasteiger partial charge in [-0.05, 0) is 43.6 Å². The Morgan fingerprint density at radius 1 is 1.37 bits per heavy atom. The fourth-order valence-electron chi connectivity index (χ4n) is 2.11. The molecular formula is C14H19N3O2. The van der Waals surface area contributed by atoms with Crippen molar-refractivity contribution < 1.29 is 9.59 Å². The van der Waals surface area contributed by atoms with Crippen molar-refractivity contribution in [2.45, 2.75) is 13.3 Å². The summed E-state index contributed by atoms with van der Waals surface area (Å²) in [6.07, 6.45) is 0.524. The van der Waals surface area contributed by atoms with Gasteiger partial charge in [0.15, 0.2) is 0 Å². The standard InChI is InChI=1S/C14H19N3O2/c1-9-11(14(19)15-2)4-3-5-12(9)17-13(18)6-10-7-16-8-10/h3-5,10,16H,6-8H2,1-2H3,(H,15,19)(H,17,18). The molecule has 1 saturated heterocycles. The maximum Gasteiger partial charge on any atom is 0.251 e. The summed E-state index contributed by atoms with van der Waals surface area (Å²) in [5.41, 5.74) is 2.09. The molecule has 1 aliphatic heterocycles. The predicted molar refractivity (Wildman–Crippen MR) is 74.2 cm³/mol. The van der Waals surface area contributed by atoms with Crippen LogP contribution in [0.4, 0.5) is 5.69 Å². The van der Waals surface area contributed by atoms with Crippen LogP contribution in [0.25, 0.3) is 0 Å². The quantitative estimate of drug-likeness (QED) is 0.754. The van der Waals surface area contributed by atoms with Gasteiger partial charge in [0, 0.05) is 24.7 Å². The summed E-state index contributed by atoms with van der Waals surface area (Å²) >= 11 is 0. The van der Waals surface area contributed by atoms with Crippen LogP contribution in [0.2, 0.25) is 0 Å². The minimum Gasteiger partial charge on any atom is -0.355 e. The average Bonchev–Trinajstić information content (AvgIpc) is 2.35. The van der Waals surface area contributed by atoms with E-state index in [1.165, 1.54) is 0 Å². The minimum absolute atomic E-state index is 0.00339. The zero-order chi connectivity index (χ0) is 13.8. The van der Waals surface area contributed by atoms with Crippen molar-refractivity contribution in [2.24, 2.45) is 5.92 Å². The number of benzene rings is 1. The van der Waals surface area contributed by atoms with Crippen molar-refractivity contribution in [3.8, 4) is 0 Å². The van der Waals surface area contributed by atoms with Gasteiger partial charge in [0.2, 0.25) is 5.91 Å². The molecule has 0 unspecified atom stereocenters. The Labute approximate surface area is 112 Å². The molecule has 2 amide bonds. The van der Waals surface area contributed by atoms with E-state index in [1.807, 2.05) is 13.0 Å². The first-order valence-corrected chi connectivity index (χ1v) is 6.44. The van der Waals surface area contributed by atoms with Crippen LogP contribution in [-0.4, -0.2) is 32.0 Å². The van der Waals surface area contributed by atoms with Gasteiger partial charge in [0.05, 0.1) is 0 Å². The van der Waals surface area contributed by atoms with E-state index in [-0.39, 0.29) is 11.8 Å². The second-order valence-corrected chi connectivity index (χ2v) is 4.83. The molecule has 5 nitrogen and oxygen atoms in total. The summed E-state index contributed by atoms with van der Waals surface area (Å²) in [4.78, 5) is 23.6. The van der Waals surface area contributed by atoms with Gasteiger partial charge >= 0.3 is 0 Å². The van der Waals surface area contributed by atoms with Crippen LogP contribution in [0.15, 0.2) is 18.2 Å². The van der Waals surface area contributed by atoms with E-state index in [4.69, 9.17) is 0 Å². The van der Waals surface area contributed by atoms with Crippen molar-refractivity contribution in [3.63, 3.8) is 0 Å². The largest absolute Gasteiger partial charge is 0.355 e. The first-order chi connectivity index (χ1) is 9.11. The normalized spacial score (nSPS) is 14.6. The van der Waals surface area contributed by atoms with Gasteiger partial charge in [-0.25, -0.2) is 0 Å². The summed E-state index contributed by atoms with van der Waals surface area (Å²) < 4.78 is 0. The number of carbonyl (C=O) groups is 2. The van der Waals surface area contributed by atoms with Crippen molar-refractivity contribution >= 4 is 17.5 Å². The van der Waals surface area contributed by atoms with Crippen LogP contribution in [0.3, 0.4) is 0 Å². The molecule has 0 aromatic heterocycles. The molecule has 0 spiro atoms. The molecule has 102 valence electrons. The number of amides is 2. The Kier molecular flexibility index (Phi) is 4.16. The fourth-order valence-corrected chi connectivity index (χ4v) is 2.11. The van der Waals surface area contributed by atoms with Crippen LogP contribution < -0.4 is 16.0 Å². The SMILES string of the molecule is CNC(=O)c1cccc(NC(=O)CC2CNC2)c1C. The molecule has 0 aliphatic carbocycles. The molecule has 0 atom stereocenters. The van der Waals surface area contributed by atoms with Crippen LogP contribution in [0.1, 0.15) is 22.3 Å². The van der Waals surface area contributed by atoms with Gasteiger partial charge in [0.1, 0.15) is 0 Å². The average molecular weight is 261 g/mol.